The van der Waals surface area contributed by atoms with Gasteiger partial charge in [-0.2, -0.15) is 0 Å². The number of hydrogen-bond donors (Lipinski definition) is 2. The maximum Gasteiger partial charge on any atom is 0.313 e. The lowest BCUT2D eigenvalue weighted by molar-refractivity contribution is -0.136. The summed E-state index contributed by atoms with van der Waals surface area (Å²) < 4.78 is 10.8. The van der Waals surface area contributed by atoms with Gasteiger partial charge in [-0.15, -0.1) is 0 Å². The predicted octanol–water partition coefficient (Wildman–Crippen LogP) is 2.74. The minimum absolute atomic E-state index is 0.256. The van der Waals surface area contributed by atoms with Crippen LogP contribution in [0.5, 0.6) is 11.5 Å². The number of benzene rings is 2. The molecule has 0 aliphatic rings. The molecule has 0 fully saturated rings. The van der Waals surface area contributed by atoms with Crippen molar-refractivity contribution in [3.05, 3.63) is 54.1 Å². The quantitative estimate of drug-likeness (QED) is 0.759. The molecule has 6 heteroatoms. The average Bonchev–Trinajstić information content (AvgIpc) is 2.63. The van der Waals surface area contributed by atoms with Crippen LogP contribution in [0.1, 0.15) is 19.4 Å². The number of hydrogen-bond acceptors (Lipinski definition) is 4. The van der Waals surface area contributed by atoms with Crippen molar-refractivity contribution in [2.75, 3.05) is 18.5 Å². The zero-order chi connectivity index (χ0) is 18.1. The molecule has 0 saturated heterocycles. The number of carbonyl (C=O) groups excluding carboxylic acids is 2. The SMILES string of the molecule is CCOc1ccc(CNC(=O)C(=O)Nc2ccccc2OCC)cc1. The van der Waals surface area contributed by atoms with E-state index in [2.05, 4.69) is 10.6 Å². The van der Waals surface area contributed by atoms with Gasteiger partial charge in [0.2, 0.25) is 0 Å². The first kappa shape index (κ1) is 18.3. The summed E-state index contributed by atoms with van der Waals surface area (Å²) in [6.45, 7) is 5.08. The minimum atomic E-state index is -0.738. The van der Waals surface area contributed by atoms with E-state index < -0.39 is 11.8 Å². The zero-order valence-electron chi connectivity index (χ0n) is 14.4. The molecule has 0 unspecified atom stereocenters. The van der Waals surface area contributed by atoms with Crippen molar-refractivity contribution in [3.63, 3.8) is 0 Å². The number of ether oxygens (including phenoxy) is 2. The Morgan fingerprint density at radius 3 is 2.24 bits per heavy atom. The molecule has 0 aromatic heterocycles. The smallest absolute Gasteiger partial charge is 0.313 e. The van der Waals surface area contributed by atoms with Crippen LogP contribution in [-0.2, 0) is 16.1 Å². The van der Waals surface area contributed by atoms with Crippen LogP contribution in [0.4, 0.5) is 5.69 Å². The molecule has 2 N–H and O–H groups in total. The summed E-state index contributed by atoms with van der Waals surface area (Å²) in [7, 11) is 0. The topological polar surface area (TPSA) is 76.7 Å². The van der Waals surface area contributed by atoms with E-state index in [-0.39, 0.29) is 6.54 Å². The van der Waals surface area contributed by atoms with Gasteiger partial charge in [-0.25, -0.2) is 0 Å². The molecule has 0 spiro atoms. The first-order valence-corrected chi connectivity index (χ1v) is 8.16. The Hall–Kier alpha value is -3.02. The molecule has 6 nitrogen and oxygen atoms in total. The van der Waals surface area contributed by atoms with Crippen LogP contribution in [0.25, 0.3) is 0 Å². The number of anilines is 1. The maximum absolute atomic E-state index is 12.0. The van der Waals surface area contributed by atoms with E-state index in [1.807, 2.05) is 38.1 Å². The molecule has 25 heavy (non-hydrogen) atoms. The van der Waals surface area contributed by atoms with E-state index >= 15 is 0 Å². The Bertz CT molecular complexity index is 714. The Labute approximate surface area is 147 Å². The highest BCUT2D eigenvalue weighted by Crippen LogP contribution is 2.23. The lowest BCUT2D eigenvalue weighted by atomic mass is 10.2. The molecule has 132 valence electrons. The zero-order valence-corrected chi connectivity index (χ0v) is 14.4. The molecule has 0 aliphatic heterocycles. The number of carbonyl (C=O) groups is 2. The normalized spacial score (nSPS) is 10.0. The molecular formula is C19H22N2O4. The molecule has 2 rings (SSSR count). The summed E-state index contributed by atoms with van der Waals surface area (Å²) in [6, 6.07) is 14.3. The summed E-state index contributed by atoms with van der Waals surface area (Å²) in [5.74, 6) is -0.154. The van der Waals surface area contributed by atoms with Gasteiger partial charge in [0.25, 0.3) is 0 Å². The summed E-state index contributed by atoms with van der Waals surface area (Å²) in [4.78, 5) is 24.0. The Kier molecular flexibility index (Phi) is 6.83. The van der Waals surface area contributed by atoms with E-state index in [1.165, 1.54) is 0 Å². The number of nitrogens with one attached hydrogen (secondary N) is 2. The fraction of sp³-hybridized carbons (Fsp3) is 0.263. The largest absolute Gasteiger partial charge is 0.494 e. The highest BCUT2D eigenvalue weighted by Gasteiger charge is 2.15. The maximum atomic E-state index is 12.0. The number of para-hydroxylation sites is 2. The van der Waals surface area contributed by atoms with Crippen LogP contribution < -0.4 is 20.1 Å². The fourth-order valence-electron chi connectivity index (χ4n) is 2.16. The van der Waals surface area contributed by atoms with Gasteiger partial charge in [-0.05, 0) is 43.7 Å². The van der Waals surface area contributed by atoms with Crippen LogP contribution in [0, 0.1) is 0 Å². The summed E-state index contributed by atoms with van der Waals surface area (Å²) in [5, 5.41) is 5.15. The number of rotatable bonds is 7. The van der Waals surface area contributed by atoms with Gasteiger partial charge in [-0.1, -0.05) is 24.3 Å². The third kappa shape index (κ3) is 5.53. The van der Waals surface area contributed by atoms with Crippen molar-refractivity contribution in [2.24, 2.45) is 0 Å². The van der Waals surface area contributed by atoms with Crippen LogP contribution >= 0.6 is 0 Å². The van der Waals surface area contributed by atoms with Crippen molar-refractivity contribution in [3.8, 4) is 11.5 Å². The second-order valence-corrected chi connectivity index (χ2v) is 5.14. The molecule has 2 aromatic carbocycles. The van der Waals surface area contributed by atoms with Crippen LogP contribution in [0.15, 0.2) is 48.5 Å². The third-order valence-electron chi connectivity index (χ3n) is 3.33. The molecule has 2 aromatic rings. The molecule has 2 amide bonds. The van der Waals surface area contributed by atoms with Gasteiger partial charge in [0.1, 0.15) is 11.5 Å². The van der Waals surface area contributed by atoms with Crippen molar-refractivity contribution in [1.29, 1.82) is 0 Å². The van der Waals surface area contributed by atoms with E-state index in [0.717, 1.165) is 11.3 Å². The fourth-order valence-corrected chi connectivity index (χ4v) is 2.16. The van der Waals surface area contributed by atoms with Crippen LogP contribution in [-0.4, -0.2) is 25.0 Å². The van der Waals surface area contributed by atoms with Crippen LogP contribution in [0.2, 0.25) is 0 Å². The van der Waals surface area contributed by atoms with E-state index in [0.29, 0.717) is 24.7 Å². The molecule has 0 radical (unpaired) electrons. The third-order valence-corrected chi connectivity index (χ3v) is 3.33. The van der Waals surface area contributed by atoms with E-state index in [9.17, 15) is 9.59 Å². The highest BCUT2D eigenvalue weighted by molar-refractivity contribution is 6.39. The molecule has 0 saturated carbocycles. The van der Waals surface area contributed by atoms with Crippen LogP contribution in [0.3, 0.4) is 0 Å². The lowest BCUT2D eigenvalue weighted by Gasteiger charge is -2.11. The van der Waals surface area contributed by atoms with Crippen molar-refractivity contribution in [2.45, 2.75) is 20.4 Å². The summed E-state index contributed by atoms with van der Waals surface area (Å²) in [6.07, 6.45) is 0. The second-order valence-electron chi connectivity index (χ2n) is 5.14. The standard InChI is InChI=1S/C19H22N2O4/c1-3-24-15-11-9-14(10-12-15)13-20-18(22)19(23)21-16-7-5-6-8-17(16)25-4-2/h5-12H,3-4,13H2,1-2H3,(H,20,22)(H,21,23). The summed E-state index contributed by atoms with van der Waals surface area (Å²) in [5.41, 5.74) is 1.34. The van der Waals surface area contributed by atoms with Gasteiger partial charge in [-0.3, -0.25) is 9.59 Å². The van der Waals surface area contributed by atoms with E-state index in [1.54, 1.807) is 24.3 Å². The van der Waals surface area contributed by atoms with Crippen molar-refractivity contribution >= 4 is 17.5 Å². The summed E-state index contributed by atoms with van der Waals surface area (Å²) >= 11 is 0. The Morgan fingerprint density at radius 2 is 1.56 bits per heavy atom. The minimum Gasteiger partial charge on any atom is -0.494 e. The molecule has 0 aliphatic carbocycles. The predicted molar refractivity (Wildman–Crippen MR) is 95.7 cm³/mol. The van der Waals surface area contributed by atoms with E-state index in [4.69, 9.17) is 9.47 Å². The average molecular weight is 342 g/mol. The molecular weight excluding hydrogens is 320 g/mol. The lowest BCUT2D eigenvalue weighted by Crippen LogP contribution is -2.35. The second kappa shape index (κ2) is 9.32. The van der Waals surface area contributed by atoms with Crippen molar-refractivity contribution < 1.29 is 19.1 Å². The molecule has 0 atom stereocenters. The van der Waals surface area contributed by atoms with Gasteiger partial charge in [0.15, 0.2) is 0 Å². The molecule has 0 bridgehead atoms. The Morgan fingerprint density at radius 1 is 0.880 bits per heavy atom. The van der Waals surface area contributed by atoms with Gasteiger partial charge in [0.05, 0.1) is 18.9 Å². The monoisotopic (exact) mass is 342 g/mol. The number of amides is 2. The Balaban J connectivity index is 1.89. The van der Waals surface area contributed by atoms with Gasteiger partial charge in [0, 0.05) is 6.54 Å². The first-order valence-electron chi connectivity index (χ1n) is 8.16. The van der Waals surface area contributed by atoms with Gasteiger partial charge < -0.3 is 20.1 Å². The highest BCUT2D eigenvalue weighted by atomic mass is 16.5. The van der Waals surface area contributed by atoms with Crippen molar-refractivity contribution in [1.82, 2.24) is 5.32 Å². The first-order chi connectivity index (χ1) is 12.1. The molecule has 0 heterocycles. The van der Waals surface area contributed by atoms with Gasteiger partial charge >= 0.3 is 11.8 Å².